The topological polar surface area (TPSA) is 78.2 Å². The van der Waals surface area contributed by atoms with Gasteiger partial charge in [-0.3, -0.25) is 4.79 Å². The zero-order chi connectivity index (χ0) is 19.7. The standard InChI is InChI=1S/C18H19F2NO6/c1-4-26-18(23)10-9(2)27-17-11(15(10)22)16(24-3)12(19)14(13(17)20)21-5-7-25-8-6-21/h4-8H2,1-3H3. The smallest absolute Gasteiger partial charge is 0.345 e. The number of esters is 1. The van der Waals surface area contributed by atoms with E-state index in [1.807, 2.05) is 0 Å². The van der Waals surface area contributed by atoms with Crippen molar-refractivity contribution in [2.75, 3.05) is 44.9 Å². The number of hydrogen-bond donors (Lipinski definition) is 0. The number of carbonyl (C=O) groups is 1. The van der Waals surface area contributed by atoms with Gasteiger partial charge in [0, 0.05) is 13.1 Å². The number of morpholine rings is 1. The highest BCUT2D eigenvalue weighted by molar-refractivity contribution is 5.97. The summed E-state index contributed by atoms with van der Waals surface area (Å²) in [5.74, 6) is -3.58. The van der Waals surface area contributed by atoms with Crippen molar-refractivity contribution in [3.05, 3.63) is 33.2 Å². The van der Waals surface area contributed by atoms with E-state index in [4.69, 9.17) is 18.6 Å². The van der Waals surface area contributed by atoms with Crippen LogP contribution in [0.1, 0.15) is 23.0 Å². The van der Waals surface area contributed by atoms with Crippen LogP contribution in [0, 0.1) is 18.6 Å². The molecular weight excluding hydrogens is 364 g/mol. The quantitative estimate of drug-likeness (QED) is 0.750. The van der Waals surface area contributed by atoms with Crippen molar-refractivity contribution in [1.82, 2.24) is 0 Å². The molecule has 27 heavy (non-hydrogen) atoms. The molecule has 1 fully saturated rings. The number of aryl methyl sites for hydroxylation is 1. The number of hydrogen-bond acceptors (Lipinski definition) is 7. The molecule has 0 spiro atoms. The summed E-state index contributed by atoms with van der Waals surface area (Å²) in [4.78, 5) is 26.4. The van der Waals surface area contributed by atoms with Gasteiger partial charge in [0.05, 0.1) is 26.9 Å². The predicted octanol–water partition coefficient (Wildman–Crippen LogP) is 2.40. The van der Waals surface area contributed by atoms with Crippen LogP contribution < -0.4 is 15.1 Å². The van der Waals surface area contributed by atoms with Gasteiger partial charge >= 0.3 is 5.97 Å². The van der Waals surface area contributed by atoms with Crippen LogP contribution in [0.5, 0.6) is 5.75 Å². The lowest BCUT2D eigenvalue weighted by molar-refractivity contribution is 0.0521. The van der Waals surface area contributed by atoms with E-state index in [1.165, 1.54) is 11.8 Å². The molecule has 0 atom stereocenters. The van der Waals surface area contributed by atoms with Crippen molar-refractivity contribution in [2.45, 2.75) is 13.8 Å². The molecule has 0 aliphatic carbocycles. The second kappa shape index (κ2) is 7.51. The maximum Gasteiger partial charge on any atom is 0.345 e. The summed E-state index contributed by atoms with van der Waals surface area (Å²) in [5.41, 5.74) is -2.14. The minimum Gasteiger partial charge on any atom is -0.493 e. The van der Waals surface area contributed by atoms with Crippen molar-refractivity contribution in [1.29, 1.82) is 0 Å². The Kier molecular flexibility index (Phi) is 5.31. The molecule has 2 aromatic rings. The van der Waals surface area contributed by atoms with Crippen molar-refractivity contribution in [3.63, 3.8) is 0 Å². The van der Waals surface area contributed by atoms with Crippen molar-refractivity contribution in [2.24, 2.45) is 0 Å². The Morgan fingerprint density at radius 1 is 1.22 bits per heavy atom. The van der Waals surface area contributed by atoms with Gasteiger partial charge in [0.15, 0.2) is 23.0 Å². The van der Waals surface area contributed by atoms with Crippen LogP contribution in [0.2, 0.25) is 0 Å². The van der Waals surface area contributed by atoms with E-state index in [9.17, 15) is 9.59 Å². The molecule has 3 rings (SSSR count). The first-order valence-electron chi connectivity index (χ1n) is 8.44. The summed E-state index contributed by atoms with van der Waals surface area (Å²) in [6.45, 7) is 4.11. The van der Waals surface area contributed by atoms with Crippen LogP contribution in [0.25, 0.3) is 11.0 Å². The fourth-order valence-corrected chi connectivity index (χ4v) is 3.12. The highest BCUT2D eigenvalue weighted by atomic mass is 19.1. The number of carbonyl (C=O) groups excluding carboxylic acids is 1. The SMILES string of the molecule is CCOC(=O)c1c(C)oc2c(F)c(N3CCOCC3)c(F)c(OC)c2c1=O. The molecule has 0 bridgehead atoms. The van der Waals surface area contributed by atoms with Gasteiger partial charge in [-0.1, -0.05) is 0 Å². The molecule has 1 aromatic heterocycles. The lowest BCUT2D eigenvalue weighted by atomic mass is 10.1. The number of fused-ring (bicyclic) bond motifs is 1. The van der Waals surface area contributed by atoms with E-state index in [-0.39, 0.29) is 31.1 Å². The summed E-state index contributed by atoms with van der Waals surface area (Å²) < 4.78 is 50.7. The number of halogens is 2. The van der Waals surface area contributed by atoms with Gasteiger partial charge in [0.2, 0.25) is 5.43 Å². The number of ether oxygens (including phenoxy) is 3. The van der Waals surface area contributed by atoms with Crippen LogP contribution in [-0.2, 0) is 9.47 Å². The van der Waals surface area contributed by atoms with Crippen LogP contribution in [-0.4, -0.2) is 46.0 Å². The molecule has 0 N–H and O–H groups in total. The highest BCUT2D eigenvalue weighted by Gasteiger charge is 2.31. The monoisotopic (exact) mass is 383 g/mol. The molecule has 9 heteroatoms. The fraction of sp³-hybridized carbons (Fsp3) is 0.444. The summed E-state index contributed by atoms with van der Waals surface area (Å²) in [5, 5.41) is -0.474. The average molecular weight is 383 g/mol. The number of methoxy groups -OCH3 is 1. The van der Waals surface area contributed by atoms with Crippen molar-refractivity contribution in [3.8, 4) is 5.75 Å². The molecule has 7 nitrogen and oxygen atoms in total. The first kappa shape index (κ1) is 19.1. The number of benzene rings is 1. The van der Waals surface area contributed by atoms with E-state index in [2.05, 4.69) is 0 Å². The molecule has 1 aliphatic rings. The Labute approximate surface area is 153 Å². The van der Waals surface area contributed by atoms with Gasteiger partial charge in [0.1, 0.15) is 22.4 Å². The minimum absolute atomic E-state index is 0.0333. The molecule has 0 radical (unpaired) electrons. The average Bonchev–Trinajstić information content (AvgIpc) is 2.64. The van der Waals surface area contributed by atoms with Crippen molar-refractivity contribution >= 4 is 22.6 Å². The maximum atomic E-state index is 15.1. The first-order valence-corrected chi connectivity index (χ1v) is 8.44. The Hall–Kier alpha value is -2.68. The Balaban J connectivity index is 2.34. The van der Waals surface area contributed by atoms with Gasteiger partial charge in [-0.05, 0) is 13.8 Å². The molecule has 2 heterocycles. The van der Waals surface area contributed by atoms with Gasteiger partial charge in [-0.2, -0.15) is 0 Å². The second-order valence-corrected chi connectivity index (χ2v) is 5.90. The van der Waals surface area contributed by atoms with Gasteiger partial charge in [-0.25, -0.2) is 13.6 Å². The third kappa shape index (κ3) is 3.12. The fourth-order valence-electron chi connectivity index (χ4n) is 3.12. The van der Waals surface area contributed by atoms with Gasteiger partial charge in [-0.15, -0.1) is 0 Å². The van der Waals surface area contributed by atoms with E-state index in [0.29, 0.717) is 13.2 Å². The third-order valence-electron chi connectivity index (χ3n) is 4.34. The van der Waals surface area contributed by atoms with Crippen LogP contribution in [0.4, 0.5) is 14.5 Å². The Bertz CT molecular complexity index is 949. The lowest BCUT2D eigenvalue weighted by Crippen LogP contribution is -2.37. The number of rotatable bonds is 4. The van der Waals surface area contributed by atoms with E-state index < -0.39 is 45.3 Å². The minimum atomic E-state index is -1.03. The molecule has 0 amide bonds. The largest absolute Gasteiger partial charge is 0.493 e. The van der Waals surface area contributed by atoms with Crippen molar-refractivity contribution < 1.29 is 32.2 Å². The number of nitrogens with zero attached hydrogens (tertiary/aromatic N) is 1. The molecule has 0 unspecified atom stereocenters. The normalized spacial score (nSPS) is 14.5. The summed E-state index contributed by atoms with van der Waals surface area (Å²) >= 11 is 0. The first-order chi connectivity index (χ1) is 12.9. The zero-order valence-electron chi connectivity index (χ0n) is 15.2. The molecule has 1 saturated heterocycles. The van der Waals surface area contributed by atoms with Gasteiger partial charge in [0.25, 0.3) is 0 Å². The predicted molar refractivity (Wildman–Crippen MR) is 92.7 cm³/mol. The van der Waals surface area contributed by atoms with Crippen LogP contribution in [0.15, 0.2) is 9.21 Å². The van der Waals surface area contributed by atoms with Crippen LogP contribution in [0.3, 0.4) is 0 Å². The maximum absolute atomic E-state index is 15.1. The summed E-state index contributed by atoms with van der Waals surface area (Å²) in [6.07, 6.45) is 0. The van der Waals surface area contributed by atoms with E-state index in [1.54, 1.807) is 6.92 Å². The molecular formula is C18H19F2NO6. The third-order valence-corrected chi connectivity index (χ3v) is 4.34. The highest BCUT2D eigenvalue weighted by Crippen LogP contribution is 2.38. The summed E-state index contributed by atoms with van der Waals surface area (Å²) in [6, 6.07) is 0. The molecule has 1 aliphatic heterocycles. The van der Waals surface area contributed by atoms with Gasteiger partial charge < -0.3 is 23.5 Å². The Morgan fingerprint density at radius 3 is 2.48 bits per heavy atom. The lowest BCUT2D eigenvalue weighted by Gasteiger charge is -2.30. The zero-order valence-corrected chi connectivity index (χ0v) is 15.2. The summed E-state index contributed by atoms with van der Waals surface area (Å²) in [7, 11) is 1.15. The molecule has 0 saturated carbocycles. The molecule has 1 aromatic carbocycles. The van der Waals surface area contributed by atoms with E-state index in [0.717, 1.165) is 7.11 Å². The molecule has 146 valence electrons. The second-order valence-electron chi connectivity index (χ2n) is 5.90. The number of anilines is 1. The Morgan fingerprint density at radius 2 is 1.89 bits per heavy atom. The van der Waals surface area contributed by atoms with E-state index >= 15 is 8.78 Å². The van der Waals surface area contributed by atoms with Crippen LogP contribution >= 0.6 is 0 Å².